The number of nitrogens with zero attached hydrogens (tertiary/aromatic N) is 3. The zero-order chi connectivity index (χ0) is 25.2. The maximum atomic E-state index is 12.6. The van der Waals surface area contributed by atoms with Crippen molar-refractivity contribution in [3.05, 3.63) is 90.0 Å². The van der Waals surface area contributed by atoms with Crippen LogP contribution in [0.1, 0.15) is 23.0 Å². The van der Waals surface area contributed by atoms with Crippen LogP contribution in [0.5, 0.6) is 5.75 Å². The molecular formula is C27H34N6O2. The van der Waals surface area contributed by atoms with Crippen LogP contribution in [-0.2, 0) is 6.54 Å². The van der Waals surface area contributed by atoms with Crippen LogP contribution in [0, 0.1) is 0 Å². The average Bonchev–Trinajstić information content (AvgIpc) is 2.87. The van der Waals surface area contributed by atoms with Gasteiger partial charge in [0.05, 0.1) is 36.3 Å². The molecule has 4 N–H and O–H groups in total. The first-order chi connectivity index (χ1) is 16.9. The first-order valence-electron chi connectivity index (χ1n) is 11.5. The third-order valence-corrected chi connectivity index (χ3v) is 5.42. The summed E-state index contributed by atoms with van der Waals surface area (Å²) in [6.07, 6.45) is 3.64. The maximum absolute atomic E-state index is 12.6. The van der Waals surface area contributed by atoms with Crippen molar-refractivity contribution >= 4 is 23.0 Å². The largest absolute Gasteiger partial charge is 0.497 e. The number of amides is 1. The molecule has 0 fully saturated rings. The molecule has 3 rings (SSSR count). The molecule has 0 saturated carbocycles. The number of carbonyl (C=O) groups excluding carboxylic acids is 1. The van der Waals surface area contributed by atoms with E-state index < -0.39 is 0 Å². The van der Waals surface area contributed by atoms with Gasteiger partial charge in [-0.1, -0.05) is 18.2 Å². The SMILES string of the molecule is C/C=C(/Nc1cccc(OC)c1)N(CCN(C)C)Cc1ccc(C(=O)Nc2ccccc2N)cn1. The number of methoxy groups -OCH3 is 1. The lowest BCUT2D eigenvalue weighted by Gasteiger charge is -2.29. The third kappa shape index (κ3) is 7.48. The van der Waals surface area contributed by atoms with E-state index in [1.54, 1.807) is 31.5 Å². The summed E-state index contributed by atoms with van der Waals surface area (Å²) in [4.78, 5) is 21.6. The Morgan fingerprint density at radius 2 is 1.86 bits per heavy atom. The van der Waals surface area contributed by atoms with Gasteiger partial charge < -0.3 is 30.9 Å². The van der Waals surface area contributed by atoms with Crippen molar-refractivity contribution in [1.82, 2.24) is 14.8 Å². The van der Waals surface area contributed by atoms with Gasteiger partial charge >= 0.3 is 0 Å². The molecule has 0 spiro atoms. The van der Waals surface area contributed by atoms with Crippen molar-refractivity contribution in [2.24, 2.45) is 0 Å². The lowest BCUT2D eigenvalue weighted by Crippen LogP contribution is -2.33. The van der Waals surface area contributed by atoms with Crippen LogP contribution in [0.2, 0.25) is 0 Å². The summed E-state index contributed by atoms with van der Waals surface area (Å²) in [6.45, 7) is 4.25. The number of allylic oxidation sites excluding steroid dienone is 1. The molecule has 1 aromatic heterocycles. The fraction of sp³-hybridized carbons (Fsp3) is 0.259. The Hall–Kier alpha value is -4.04. The smallest absolute Gasteiger partial charge is 0.257 e. The Bertz CT molecular complexity index is 1140. The van der Waals surface area contributed by atoms with E-state index in [1.807, 2.05) is 69.6 Å². The first kappa shape index (κ1) is 25.6. The summed E-state index contributed by atoms with van der Waals surface area (Å²) < 4.78 is 5.35. The number of nitrogens with two attached hydrogens (primary N) is 1. The van der Waals surface area contributed by atoms with E-state index in [0.29, 0.717) is 23.5 Å². The number of pyridine rings is 1. The minimum atomic E-state index is -0.250. The van der Waals surface area contributed by atoms with Gasteiger partial charge in [0, 0.05) is 31.0 Å². The molecule has 1 amide bonds. The van der Waals surface area contributed by atoms with E-state index in [-0.39, 0.29) is 5.91 Å². The molecule has 0 aliphatic heterocycles. The van der Waals surface area contributed by atoms with Crippen molar-refractivity contribution in [2.45, 2.75) is 13.5 Å². The fourth-order valence-electron chi connectivity index (χ4n) is 3.44. The number of rotatable bonds is 11. The summed E-state index contributed by atoms with van der Waals surface area (Å²) in [7, 11) is 5.76. The van der Waals surface area contributed by atoms with Crippen molar-refractivity contribution in [2.75, 3.05) is 50.7 Å². The van der Waals surface area contributed by atoms with Crippen LogP contribution in [-0.4, -0.2) is 55.0 Å². The highest BCUT2D eigenvalue weighted by Crippen LogP contribution is 2.21. The molecule has 0 aliphatic carbocycles. The number of anilines is 3. The van der Waals surface area contributed by atoms with Crippen molar-refractivity contribution in [1.29, 1.82) is 0 Å². The van der Waals surface area contributed by atoms with Crippen molar-refractivity contribution in [3.63, 3.8) is 0 Å². The van der Waals surface area contributed by atoms with Crippen molar-refractivity contribution in [3.8, 4) is 5.75 Å². The second kappa shape index (κ2) is 12.4. The molecular weight excluding hydrogens is 440 g/mol. The lowest BCUT2D eigenvalue weighted by atomic mass is 10.2. The number of hydrogen-bond donors (Lipinski definition) is 3. The van der Waals surface area contributed by atoms with Crippen LogP contribution < -0.4 is 21.1 Å². The normalized spacial score (nSPS) is 11.3. The van der Waals surface area contributed by atoms with Crippen LogP contribution >= 0.6 is 0 Å². The Balaban J connectivity index is 1.73. The molecule has 0 saturated heterocycles. The minimum Gasteiger partial charge on any atom is -0.497 e. The summed E-state index contributed by atoms with van der Waals surface area (Å²) in [6, 6.07) is 18.7. The maximum Gasteiger partial charge on any atom is 0.257 e. The van der Waals surface area contributed by atoms with Crippen molar-refractivity contribution < 1.29 is 9.53 Å². The third-order valence-electron chi connectivity index (χ3n) is 5.42. The number of ether oxygens (including phenoxy) is 1. The average molecular weight is 475 g/mol. The van der Waals surface area contributed by atoms with Crippen LogP contribution in [0.25, 0.3) is 0 Å². The van der Waals surface area contributed by atoms with Gasteiger partial charge in [-0.05, 0) is 63.5 Å². The van der Waals surface area contributed by atoms with E-state index in [2.05, 4.69) is 25.4 Å². The topological polar surface area (TPSA) is 95.8 Å². The fourth-order valence-corrected chi connectivity index (χ4v) is 3.44. The predicted octanol–water partition coefficient (Wildman–Crippen LogP) is 4.26. The minimum absolute atomic E-state index is 0.250. The number of aromatic nitrogens is 1. The molecule has 0 aliphatic rings. The summed E-state index contributed by atoms with van der Waals surface area (Å²) in [5, 5.41) is 6.33. The van der Waals surface area contributed by atoms with Crippen LogP contribution in [0.3, 0.4) is 0 Å². The van der Waals surface area contributed by atoms with Crippen LogP contribution in [0.15, 0.2) is 78.8 Å². The molecule has 35 heavy (non-hydrogen) atoms. The summed E-state index contributed by atoms with van der Waals surface area (Å²) in [5.41, 5.74) is 9.29. The number of benzene rings is 2. The molecule has 8 heteroatoms. The monoisotopic (exact) mass is 474 g/mol. The first-order valence-corrected chi connectivity index (χ1v) is 11.5. The van der Waals surface area contributed by atoms with E-state index in [0.717, 1.165) is 36.0 Å². The highest BCUT2D eigenvalue weighted by Gasteiger charge is 2.14. The molecule has 3 aromatic rings. The van der Waals surface area contributed by atoms with E-state index in [4.69, 9.17) is 10.5 Å². The molecule has 1 heterocycles. The van der Waals surface area contributed by atoms with Gasteiger partial charge in [-0.25, -0.2) is 0 Å². The molecule has 0 radical (unpaired) electrons. The highest BCUT2D eigenvalue weighted by atomic mass is 16.5. The second-order valence-corrected chi connectivity index (χ2v) is 8.34. The van der Waals surface area contributed by atoms with E-state index >= 15 is 0 Å². The quantitative estimate of drug-likeness (QED) is 0.357. The number of nitrogen functional groups attached to an aromatic ring is 1. The standard InChI is InChI=1S/C27H34N6O2/c1-5-26(30-21-9-8-10-23(17-21)35-4)33(16-15-32(2)3)19-22-14-13-20(18-29-22)27(34)31-25-12-7-6-11-24(25)28/h5-14,17-18,30H,15-16,19,28H2,1-4H3,(H,31,34)/b26-5-. The molecule has 0 unspecified atom stereocenters. The zero-order valence-corrected chi connectivity index (χ0v) is 20.8. The number of nitrogens with one attached hydrogen (secondary N) is 2. The Morgan fingerprint density at radius 3 is 2.51 bits per heavy atom. The summed E-state index contributed by atoms with van der Waals surface area (Å²) in [5.74, 6) is 1.50. The number of likely N-dealkylation sites (N-methyl/N-ethyl adjacent to an activating group) is 1. The second-order valence-electron chi connectivity index (χ2n) is 8.34. The van der Waals surface area contributed by atoms with Gasteiger partial charge in [-0.15, -0.1) is 0 Å². The molecule has 0 atom stereocenters. The van der Waals surface area contributed by atoms with Gasteiger partial charge in [-0.3, -0.25) is 9.78 Å². The van der Waals surface area contributed by atoms with Gasteiger partial charge in [0.15, 0.2) is 0 Å². The molecule has 2 aromatic carbocycles. The Labute approximate surface area is 207 Å². The number of carbonyl (C=O) groups is 1. The van der Waals surface area contributed by atoms with Gasteiger partial charge in [-0.2, -0.15) is 0 Å². The van der Waals surface area contributed by atoms with Crippen LogP contribution in [0.4, 0.5) is 17.1 Å². The van der Waals surface area contributed by atoms with Gasteiger partial charge in [0.1, 0.15) is 11.6 Å². The molecule has 184 valence electrons. The van der Waals surface area contributed by atoms with Gasteiger partial charge in [0.25, 0.3) is 5.91 Å². The number of para-hydroxylation sites is 2. The highest BCUT2D eigenvalue weighted by molar-refractivity contribution is 6.05. The van der Waals surface area contributed by atoms with E-state index in [1.165, 1.54) is 0 Å². The summed E-state index contributed by atoms with van der Waals surface area (Å²) >= 11 is 0. The zero-order valence-electron chi connectivity index (χ0n) is 20.8. The van der Waals surface area contributed by atoms with Gasteiger partial charge in [0.2, 0.25) is 0 Å². The molecule has 0 bridgehead atoms. The molecule has 8 nitrogen and oxygen atoms in total. The predicted molar refractivity (Wildman–Crippen MR) is 142 cm³/mol. The number of hydrogen-bond acceptors (Lipinski definition) is 7. The Kier molecular flexibility index (Phi) is 9.09. The Morgan fingerprint density at radius 1 is 1.06 bits per heavy atom. The lowest BCUT2D eigenvalue weighted by molar-refractivity contribution is 0.102. The van der Waals surface area contributed by atoms with E-state index in [9.17, 15) is 4.79 Å².